The van der Waals surface area contributed by atoms with Crippen molar-refractivity contribution in [3.05, 3.63) is 30.3 Å². The predicted molar refractivity (Wildman–Crippen MR) is 60.5 cm³/mol. The lowest BCUT2D eigenvalue weighted by atomic mass is 10.3. The van der Waals surface area contributed by atoms with E-state index < -0.39 is 12.0 Å². The number of hydrogen-bond acceptors (Lipinski definition) is 2. The van der Waals surface area contributed by atoms with Gasteiger partial charge < -0.3 is 10.4 Å². The van der Waals surface area contributed by atoms with E-state index in [9.17, 15) is 9.59 Å². The molecule has 5 nitrogen and oxygen atoms in total. The zero-order chi connectivity index (χ0) is 12.0. The van der Waals surface area contributed by atoms with Gasteiger partial charge in [0.15, 0.2) is 0 Å². The number of benzene rings is 1. The second-order valence-electron chi connectivity index (χ2n) is 3.13. The number of nitrogens with zero attached hydrogens (tertiary/aromatic N) is 1. The minimum atomic E-state index is -1.06. The molecule has 1 rings (SSSR count). The van der Waals surface area contributed by atoms with Gasteiger partial charge in [0, 0.05) is 12.2 Å². The summed E-state index contributed by atoms with van der Waals surface area (Å²) in [4.78, 5) is 23.4. The number of amides is 2. The molecule has 0 fully saturated rings. The summed E-state index contributed by atoms with van der Waals surface area (Å²) in [5.41, 5.74) is 0.743. The molecule has 0 aromatic heterocycles. The number of carboxylic acids is 1. The third kappa shape index (κ3) is 3.27. The van der Waals surface area contributed by atoms with Crippen molar-refractivity contribution in [1.82, 2.24) is 5.32 Å². The Kier molecular flexibility index (Phi) is 4.32. The van der Waals surface area contributed by atoms with Crippen LogP contribution in [0.4, 0.5) is 10.5 Å². The van der Waals surface area contributed by atoms with Gasteiger partial charge in [-0.3, -0.25) is 9.69 Å². The molecular weight excluding hydrogens is 208 g/mol. The average Bonchev–Trinajstić information content (AvgIpc) is 2.29. The van der Waals surface area contributed by atoms with Gasteiger partial charge in [0.25, 0.3) is 0 Å². The molecule has 0 saturated carbocycles. The number of nitrogens with one attached hydrogen (secondary N) is 1. The second-order valence-corrected chi connectivity index (χ2v) is 3.13. The minimum Gasteiger partial charge on any atom is -0.480 e. The second kappa shape index (κ2) is 5.75. The Morgan fingerprint density at radius 2 is 1.94 bits per heavy atom. The van der Waals surface area contributed by atoms with Crippen LogP contribution in [0.3, 0.4) is 0 Å². The minimum absolute atomic E-state index is 0.373. The highest BCUT2D eigenvalue weighted by atomic mass is 16.4. The summed E-state index contributed by atoms with van der Waals surface area (Å²) in [6.07, 6.45) is 0. The van der Waals surface area contributed by atoms with Crippen LogP contribution in [0.5, 0.6) is 0 Å². The molecule has 5 heteroatoms. The molecule has 86 valence electrons. The molecule has 1 aromatic carbocycles. The van der Waals surface area contributed by atoms with Crippen molar-refractivity contribution in [2.24, 2.45) is 0 Å². The molecule has 0 saturated heterocycles. The van der Waals surface area contributed by atoms with Gasteiger partial charge in [-0.25, -0.2) is 4.79 Å². The molecule has 1 aromatic rings. The molecule has 2 N–H and O–H groups in total. The van der Waals surface area contributed by atoms with Gasteiger partial charge in [-0.1, -0.05) is 18.2 Å². The van der Waals surface area contributed by atoms with Crippen LogP contribution in [-0.4, -0.2) is 30.2 Å². The number of aliphatic carboxylic acids is 1. The van der Waals surface area contributed by atoms with Crippen molar-refractivity contribution in [3.63, 3.8) is 0 Å². The van der Waals surface area contributed by atoms with Gasteiger partial charge >= 0.3 is 12.0 Å². The highest BCUT2D eigenvalue weighted by Gasteiger charge is 2.13. The maximum absolute atomic E-state index is 11.6. The third-order valence-corrected chi connectivity index (χ3v) is 2.02. The molecule has 0 unspecified atom stereocenters. The first-order valence-electron chi connectivity index (χ1n) is 4.97. The first kappa shape index (κ1) is 12.0. The summed E-state index contributed by atoms with van der Waals surface area (Å²) >= 11 is 0. The summed E-state index contributed by atoms with van der Waals surface area (Å²) in [6.45, 7) is 1.94. The zero-order valence-corrected chi connectivity index (χ0v) is 9.01. The fraction of sp³-hybridized carbons (Fsp3) is 0.273. The fourth-order valence-corrected chi connectivity index (χ4v) is 1.30. The van der Waals surface area contributed by atoms with Crippen LogP contribution in [0.1, 0.15) is 6.92 Å². The summed E-state index contributed by atoms with van der Waals surface area (Å²) in [5, 5.41) is 10.8. The number of rotatable bonds is 4. The molecular formula is C11H14N2O3. The van der Waals surface area contributed by atoms with Crippen molar-refractivity contribution in [2.75, 3.05) is 18.0 Å². The van der Waals surface area contributed by atoms with Crippen LogP contribution in [0, 0.1) is 0 Å². The molecule has 0 radical (unpaired) electrons. The Balaban J connectivity index is 2.68. The summed E-state index contributed by atoms with van der Waals surface area (Å²) in [6, 6.07) is 8.68. The zero-order valence-electron chi connectivity index (χ0n) is 9.01. The number of hydrogen-bond donors (Lipinski definition) is 2. The van der Waals surface area contributed by atoms with Crippen LogP contribution in [0.2, 0.25) is 0 Å². The molecule has 0 spiro atoms. The van der Waals surface area contributed by atoms with Crippen LogP contribution < -0.4 is 10.2 Å². The highest BCUT2D eigenvalue weighted by molar-refractivity contribution is 5.93. The fourth-order valence-electron chi connectivity index (χ4n) is 1.30. The van der Waals surface area contributed by atoms with Crippen LogP contribution >= 0.6 is 0 Å². The lowest BCUT2D eigenvalue weighted by molar-refractivity contribution is -0.135. The Morgan fingerprint density at radius 1 is 1.31 bits per heavy atom. The van der Waals surface area contributed by atoms with E-state index in [0.717, 1.165) is 5.69 Å². The third-order valence-electron chi connectivity index (χ3n) is 2.02. The Hall–Kier alpha value is -2.04. The molecule has 2 amide bonds. The summed E-state index contributed by atoms with van der Waals surface area (Å²) in [5.74, 6) is -1.06. The van der Waals surface area contributed by atoms with E-state index in [1.807, 2.05) is 25.1 Å². The van der Waals surface area contributed by atoms with E-state index in [-0.39, 0.29) is 6.54 Å². The number of carboxylic acid groups (broad SMARTS) is 1. The van der Waals surface area contributed by atoms with Gasteiger partial charge in [0.05, 0.1) is 0 Å². The monoisotopic (exact) mass is 222 g/mol. The van der Waals surface area contributed by atoms with E-state index >= 15 is 0 Å². The Labute approximate surface area is 93.7 Å². The average molecular weight is 222 g/mol. The van der Waals surface area contributed by atoms with E-state index in [2.05, 4.69) is 5.32 Å². The van der Waals surface area contributed by atoms with Crippen LogP contribution in [0.15, 0.2) is 30.3 Å². The predicted octanol–water partition coefficient (Wildman–Crippen LogP) is 1.31. The quantitative estimate of drug-likeness (QED) is 0.806. The van der Waals surface area contributed by atoms with Crippen molar-refractivity contribution in [1.29, 1.82) is 0 Å². The maximum Gasteiger partial charge on any atom is 0.323 e. The molecule has 0 heterocycles. The van der Waals surface area contributed by atoms with Gasteiger partial charge in [0.2, 0.25) is 0 Å². The van der Waals surface area contributed by atoms with Crippen molar-refractivity contribution < 1.29 is 14.7 Å². The first-order valence-corrected chi connectivity index (χ1v) is 4.97. The smallest absolute Gasteiger partial charge is 0.323 e. The van der Waals surface area contributed by atoms with Crippen LogP contribution in [-0.2, 0) is 4.79 Å². The molecule has 0 aliphatic rings. The van der Waals surface area contributed by atoms with E-state index in [1.165, 1.54) is 4.90 Å². The number of anilines is 1. The van der Waals surface area contributed by atoms with Gasteiger partial charge in [0.1, 0.15) is 6.54 Å². The van der Waals surface area contributed by atoms with E-state index in [0.29, 0.717) is 6.54 Å². The molecule has 0 atom stereocenters. The van der Waals surface area contributed by atoms with Gasteiger partial charge in [-0.05, 0) is 19.1 Å². The Morgan fingerprint density at radius 3 is 2.44 bits per heavy atom. The van der Waals surface area contributed by atoms with Crippen LogP contribution in [0.25, 0.3) is 0 Å². The van der Waals surface area contributed by atoms with Crippen molar-refractivity contribution >= 4 is 17.7 Å². The summed E-state index contributed by atoms with van der Waals surface area (Å²) in [7, 11) is 0. The number of carbonyl (C=O) groups is 2. The molecule has 0 aliphatic carbocycles. The number of para-hydroxylation sites is 1. The number of urea groups is 1. The molecule has 0 bridgehead atoms. The van der Waals surface area contributed by atoms with Crippen molar-refractivity contribution in [3.8, 4) is 0 Å². The first-order chi connectivity index (χ1) is 7.65. The highest BCUT2D eigenvalue weighted by Crippen LogP contribution is 2.12. The molecule has 0 aliphatic heterocycles. The topological polar surface area (TPSA) is 69.6 Å². The lowest BCUT2D eigenvalue weighted by Crippen LogP contribution is -2.42. The van der Waals surface area contributed by atoms with Crippen molar-refractivity contribution in [2.45, 2.75) is 6.92 Å². The largest absolute Gasteiger partial charge is 0.480 e. The Bertz CT molecular complexity index is 365. The standard InChI is InChI=1S/C11H14N2O3/c1-2-13(9-6-4-3-5-7-9)11(16)12-8-10(14)15/h3-7H,2,8H2,1H3,(H,12,16)(H,14,15). The normalized spacial score (nSPS) is 9.56. The maximum atomic E-state index is 11.6. The van der Waals surface area contributed by atoms with E-state index in [1.54, 1.807) is 12.1 Å². The van der Waals surface area contributed by atoms with Gasteiger partial charge in [-0.2, -0.15) is 0 Å². The SMILES string of the molecule is CCN(C(=O)NCC(=O)O)c1ccccc1. The number of carbonyl (C=O) groups excluding carboxylic acids is 1. The van der Waals surface area contributed by atoms with Gasteiger partial charge in [-0.15, -0.1) is 0 Å². The summed E-state index contributed by atoms with van der Waals surface area (Å²) < 4.78 is 0. The van der Waals surface area contributed by atoms with E-state index in [4.69, 9.17) is 5.11 Å². The lowest BCUT2D eigenvalue weighted by Gasteiger charge is -2.20. The molecule has 16 heavy (non-hydrogen) atoms.